The van der Waals surface area contributed by atoms with Crippen molar-refractivity contribution in [1.82, 2.24) is 4.57 Å². The van der Waals surface area contributed by atoms with Gasteiger partial charge in [0.2, 0.25) is 0 Å². The molecule has 0 atom stereocenters. The number of halogens is 1. The molecule has 0 unspecified atom stereocenters. The number of aryl methyl sites for hydroxylation is 2. The van der Waals surface area contributed by atoms with Gasteiger partial charge < -0.3 is 9.88 Å². The van der Waals surface area contributed by atoms with Crippen molar-refractivity contribution >= 4 is 17.7 Å². The van der Waals surface area contributed by atoms with Crippen LogP contribution in [0.4, 0.5) is 10.1 Å². The molecule has 0 bridgehead atoms. The number of para-hydroxylation sites is 1. The van der Waals surface area contributed by atoms with E-state index in [-0.39, 0.29) is 5.57 Å². The number of benzene rings is 2. The number of nitrogens with one attached hydrogen (secondary N) is 1. The first kappa shape index (κ1) is 19.1. The third-order valence-electron chi connectivity index (χ3n) is 4.59. The highest BCUT2D eigenvalue weighted by molar-refractivity contribution is 6.09. The van der Waals surface area contributed by atoms with E-state index in [2.05, 4.69) is 9.88 Å². The van der Waals surface area contributed by atoms with Crippen LogP contribution >= 0.6 is 0 Å². The lowest BCUT2D eigenvalue weighted by atomic mass is 10.1. The first-order valence-corrected chi connectivity index (χ1v) is 8.84. The molecule has 0 aliphatic heterocycles. The lowest BCUT2D eigenvalue weighted by molar-refractivity contribution is -0.112. The molecule has 0 saturated heterocycles. The molecule has 1 N–H and O–H groups in total. The third kappa shape index (κ3) is 3.86. The van der Waals surface area contributed by atoms with E-state index in [1.807, 2.05) is 57.2 Å². The summed E-state index contributed by atoms with van der Waals surface area (Å²) in [7, 11) is 0. The fourth-order valence-corrected chi connectivity index (χ4v) is 3.15. The fourth-order valence-electron chi connectivity index (χ4n) is 3.15. The van der Waals surface area contributed by atoms with Gasteiger partial charge in [-0.25, -0.2) is 4.39 Å². The van der Waals surface area contributed by atoms with Crippen molar-refractivity contribution in [3.8, 4) is 11.8 Å². The Labute approximate surface area is 163 Å². The zero-order valence-corrected chi connectivity index (χ0v) is 16.0. The minimum Gasteiger partial charge on any atom is -0.321 e. The molecule has 4 nitrogen and oxygen atoms in total. The van der Waals surface area contributed by atoms with E-state index in [4.69, 9.17) is 0 Å². The third-order valence-corrected chi connectivity index (χ3v) is 4.59. The summed E-state index contributed by atoms with van der Waals surface area (Å²) in [5.74, 6) is -0.924. The molecule has 2 aromatic carbocycles. The summed E-state index contributed by atoms with van der Waals surface area (Å²) in [5.41, 5.74) is 5.35. The second kappa shape index (κ2) is 7.93. The predicted molar refractivity (Wildman–Crippen MR) is 109 cm³/mol. The fraction of sp³-hybridized carbons (Fsp3) is 0.130. The van der Waals surface area contributed by atoms with Crippen LogP contribution in [0.2, 0.25) is 0 Å². The summed E-state index contributed by atoms with van der Waals surface area (Å²) in [6.45, 7) is 5.99. The maximum absolute atomic E-state index is 13.0. The van der Waals surface area contributed by atoms with Gasteiger partial charge in [0, 0.05) is 22.8 Å². The number of rotatable bonds is 4. The zero-order chi connectivity index (χ0) is 20.3. The molecular formula is C23H20FN3O. The lowest BCUT2D eigenvalue weighted by Gasteiger charge is -2.12. The lowest BCUT2D eigenvalue weighted by Crippen LogP contribution is -2.13. The van der Waals surface area contributed by atoms with Crippen molar-refractivity contribution < 1.29 is 9.18 Å². The molecule has 0 aliphatic carbocycles. The Bertz CT molecular complexity index is 1100. The topological polar surface area (TPSA) is 57.8 Å². The Balaban J connectivity index is 1.94. The molecule has 28 heavy (non-hydrogen) atoms. The maximum atomic E-state index is 13.0. The SMILES string of the molecule is Cc1ccccc1-n1c(C)cc(/C=C(\C#N)C(=O)Nc2ccc(F)cc2)c1C. The Morgan fingerprint density at radius 2 is 1.79 bits per heavy atom. The van der Waals surface area contributed by atoms with Gasteiger partial charge in [-0.15, -0.1) is 0 Å². The van der Waals surface area contributed by atoms with Gasteiger partial charge in [0.05, 0.1) is 0 Å². The quantitative estimate of drug-likeness (QED) is 0.512. The maximum Gasteiger partial charge on any atom is 0.266 e. The normalized spacial score (nSPS) is 11.2. The van der Waals surface area contributed by atoms with Gasteiger partial charge in [-0.3, -0.25) is 4.79 Å². The monoisotopic (exact) mass is 373 g/mol. The molecule has 1 amide bonds. The summed E-state index contributed by atoms with van der Waals surface area (Å²) in [6.07, 6.45) is 1.58. The number of carbonyl (C=O) groups excluding carboxylic acids is 1. The van der Waals surface area contributed by atoms with E-state index in [0.717, 1.165) is 28.2 Å². The van der Waals surface area contributed by atoms with E-state index in [1.54, 1.807) is 6.08 Å². The molecule has 3 aromatic rings. The van der Waals surface area contributed by atoms with Gasteiger partial charge in [0.25, 0.3) is 5.91 Å². The number of carbonyl (C=O) groups is 1. The van der Waals surface area contributed by atoms with E-state index in [0.29, 0.717) is 5.69 Å². The average Bonchev–Trinajstić information content (AvgIpc) is 2.95. The largest absolute Gasteiger partial charge is 0.321 e. The van der Waals surface area contributed by atoms with Crippen LogP contribution in [0.5, 0.6) is 0 Å². The van der Waals surface area contributed by atoms with Crippen molar-refractivity contribution in [2.45, 2.75) is 20.8 Å². The van der Waals surface area contributed by atoms with Gasteiger partial charge in [0.15, 0.2) is 0 Å². The summed E-state index contributed by atoms with van der Waals surface area (Å²) in [4.78, 5) is 12.5. The molecule has 0 spiro atoms. The van der Waals surface area contributed by atoms with E-state index >= 15 is 0 Å². The molecule has 0 fully saturated rings. The molecular weight excluding hydrogens is 353 g/mol. The minimum atomic E-state index is -0.533. The highest BCUT2D eigenvalue weighted by atomic mass is 19.1. The van der Waals surface area contributed by atoms with Gasteiger partial charge in [-0.2, -0.15) is 5.26 Å². The minimum absolute atomic E-state index is 0.0191. The number of aromatic nitrogens is 1. The number of hydrogen-bond acceptors (Lipinski definition) is 2. The Morgan fingerprint density at radius 3 is 2.43 bits per heavy atom. The molecule has 0 saturated carbocycles. The summed E-state index contributed by atoms with van der Waals surface area (Å²) in [5, 5.41) is 12.1. The van der Waals surface area contributed by atoms with E-state index in [9.17, 15) is 14.4 Å². The van der Waals surface area contributed by atoms with Crippen molar-refractivity contribution in [2.24, 2.45) is 0 Å². The van der Waals surface area contributed by atoms with Crippen LogP contribution in [0.15, 0.2) is 60.2 Å². The highest BCUT2D eigenvalue weighted by Crippen LogP contribution is 2.25. The molecule has 5 heteroatoms. The van der Waals surface area contributed by atoms with E-state index < -0.39 is 11.7 Å². The van der Waals surface area contributed by atoms with Gasteiger partial charge in [0.1, 0.15) is 17.5 Å². The predicted octanol–water partition coefficient (Wildman–Crippen LogP) is 5.09. The number of amides is 1. The van der Waals surface area contributed by atoms with Crippen LogP contribution in [0.3, 0.4) is 0 Å². The molecule has 1 heterocycles. The van der Waals surface area contributed by atoms with Crippen molar-refractivity contribution in [1.29, 1.82) is 5.26 Å². The number of nitrogens with zero attached hydrogens (tertiary/aromatic N) is 2. The van der Waals surface area contributed by atoms with Crippen LogP contribution in [0, 0.1) is 37.9 Å². The van der Waals surface area contributed by atoms with Crippen molar-refractivity contribution in [3.05, 3.63) is 88.5 Å². The Hall–Kier alpha value is -3.65. The second-order valence-electron chi connectivity index (χ2n) is 6.58. The van der Waals surface area contributed by atoms with E-state index in [1.165, 1.54) is 24.3 Å². The second-order valence-corrected chi connectivity index (χ2v) is 6.58. The van der Waals surface area contributed by atoms with Crippen LogP contribution in [-0.4, -0.2) is 10.5 Å². The molecule has 1 aromatic heterocycles. The summed E-state index contributed by atoms with van der Waals surface area (Å²) >= 11 is 0. The standard InChI is InChI=1S/C23H20FN3O/c1-15-6-4-5-7-22(15)27-16(2)12-18(17(27)3)13-19(14-25)23(28)26-21-10-8-20(24)9-11-21/h4-13H,1-3H3,(H,26,28)/b19-13+. The molecule has 0 radical (unpaired) electrons. The van der Waals surface area contributed by atoms with Gasteiger partial charge in [-0.05, 0) is 74.4 Å². The van der Waals surface area contributed by atoms with Gasteiger partial charge >= 0.3 is 0 Å². The zero-order valence-electron chi connectivity index (χ0n) is 16.0. The Morgan fingerprint density at radius 1 is 1.11 bits per heavy atom. The average molecular weight is 373 g/mol. The summed E-state index contributed by atoms with van der Waals surface area (Å²) in [6, 6.07) is 17.4. The molecule has 3 rings (SSSR count). The first-order valence-electron chi connectivity index (χ1n) is 8.84. The molecule has 0 aliphatic rings. The first-order chi connectivity index (χ1) is 13.4. The van der Waals surface area contributed by atoms with Crippen LogP contribution in [-0.2, 0) is 4.79 Å². The smallest absolute Gasteiger partial charge is 0.266 e. The molecule has 140 valence electrons. The van der Waals surface area contributed by atoms with Crippen LogP contribution in [0.25, 0.3) is 11.8 Å². The number of hydrogen-bond donors (Lipinski definition) is 1. The van der Waals surface area contributed by atoms with Crippen LogP contribution in [0.1, 0.15) is 22.5 Å². The number of nitriles is 1. The summed E-state index contributed by atoms with van der Waals surface area (Å²) < 4.78 is 15.1. The number of anilines is 1. The Kier molecular flexibility index (Phi) is 5.42. The van der Waals surface area contributed by atoms with Crippen molar-refractivity contribution in [3.63, 3.8) is 0 Å². The highest BCUT2D eigenvalue weighted by Gasteiger charge is 2.14. The van der Waals surface area contributed by atoms with Crippen molar-refractivity contribution in [2.75, 3.05) is 5.32 Å². The van der Waals surface area contributed by atoms with Gasteiger partial charge in [-0.1, -0.05) is 18.2 Å². The van der Waals surface area contributed by atoms with Crippen LogP contribution < -0.4 is 5.32 Å².